The van der Waals surface area contributed by atoms with E-state index in [9.17, 15) is 18.3 Å². The highest BCUT2D eigenvalue weighted by Crippen LogP contribution is 2.38. The maximum Gasteiger partial charge on any atom is 0.496 e. The molecule has 3 rings (SSSR count). The van der Waals surface area contributed by atoms with Crippen LogP contribution < -0.4 is 5.46 Å². The van der Waals surface area contributed by atoms with Gasteiger partial charge in [-0.3, -0.25) is 0 Å². The Morgan fingerprint density at radius 3 is 1.93 bits per heavy atom. The summed E-state index contributed by atoms with van der Waals surface area (Å²) in [4.78, 5) is 0. The van der Waals surface area contributed by atoms with Crippen molar-refractivity contribution in [1.29, 1.82) is 0 Å². The van der Waals surface area contributed by atoms with Crippen LogP contribution >= 0.6 is 11.6 Å². The molecule has 0 radical (unpaired) electrons. The van der Waals surface area contributed by atoms with E-state index in [0.29, 0.717) is 16.0 Å². The molecule has 0 aromatic heterocycles. The minimum atomic E-state index is -4.50. The summed E-state index contributed by atoms with van der Waals surface area (Å²) in [6.45, 7) is 9.13. The summed E-state index contributed by atoms with van der Waals surface area (Å²) in [7, 11) is -0.681. The lowest BCUT2D eigenvalue weighted by molar-refractivity contribution is -0.137. The van der Waals surface area contributed by atoms with Crippen molar-refractivity contribution >= 4 is 24.2 Å². The van der Waals surface area contributed by atoms with Gasteiger partial charge in [0.05, 0.1) is 16.8 Å². The summed E-state index contributed by atoms with van der Waals surface area (Å²) in [5.41, 5.74) is -2.50. The first-order chi connectivity index (χ1) is 13.1. The molecule has 29 heavy (non-hydrogen) atoms. The van der Waals surface area contributed by atoms with E-state index in [0.717, 1.165) is 12.1 Å². The van der Waals surface area contributed by atoms with Crippen LogP contribution in [-0.4, -0.2) is 23.4 Å². The number of aliphatic hydroxyl groups is 1. The molecule has 0 bridgehead atoms. The van der Waals surface area contributed by atoms with Crippen molar-refractivity contribution in [2.24, 2.45) is 0 Å². The predicted molar refractivity (Wildman–Crippen MR) is 107 cm³/mol. The molecule has 2 aromatic rings. The van der Waals surface area contributed by atoms with Gasteiger partial charge in [0.1, 0.15) is 5.60 Å². The minimum absolute atomic E-state index is 0.117. The molecule has 0 aliphatic carbocycles. The zero-order chi connectivity index (χ0) is 21.8. The summed E-state index contributed by atoms with van der Waals surface area (Å²) in [5, 5.41) is 11.3. The van der Waals surface area contributed by atoms with Gasteiger partial charge >= 0.3 is 13.3 Å². The molecule has 1 unspecified atom stereocenters. The normalized spacial score (nSPS) is 20.6. The van der Waals surface area contributed by atoms with Gasteiger partial charge in [-0.25, -0.2) is 0 Å². The van der Waals surface area contributed by atoms with Crippen molar-refractivity contribution in [1.82, 2.24) is 0 Å². The lowest BCUT2D eigenvalue weighted by Crippen LogP contribution is -2.41. The standard InChI is InChI=1S/C21H23BClF3O3/c1-18(2)19(3,4)29-22(28-18)16-10-9-14(12-17(16)23)20(5,27)13-7-6-8-15(11-13)21(24,25)26/h6-12,27H,1-5H3. The molecule has 0 spiro atoms. The number of halogens is 4. The number of hydrogen-bond donors (Lipinski definition) is 1. The molecule has 1 aliphatic heterocycles. The number of rotatable bonds is 3. The highest BCUT2D eigenvalue weighted by atomic mass is 35.5. The number of hydrogen-bond acceptors (Lipinski definition) is 3. The molecule has 2 aromatic carbocycles. The van der Waals surface area contributed by atoms with Gasteiger partial charge in [0.15, 0.2) is 0 Å². The van der Waals surface area contributed by atoms with Crippen LogP contribution in [0, 0.1) is 0 Å². The van der Waals surface area contributed by atoms with Crippen molar-refractivity contribution in [3.05, 3.63) is 64.2 Å². The monoisotopic (exact) mass is 426 g/mol. The van der Waals surface area contributed by atoms with Crippen LogP contribution in [0.4, 0.5) is 13.2 Å². The lowest BCUT2D eigenvalue weighted by atomic mass is 9.77. The van der Waals surface area contributed by atoms with Gasteiger partial charge in [-0.05, 0) is 63.9 Å². The van der Waals surface area contributed by atoms with Crippen LogP contribution in [0.15, 0.2) is 42.5 Å². The fourth-order valence-electron chi connectivity index (χ4n) is 3.16. The van der Waals surface area contributed by atoms with E-state index < -0.39 is 35.7 Å². The molecule has 1 aliphatic rings. The Bertz CT molecular complexity index is 910. The Labute approximate surface area is 173 Å². The molecule has 8 heteroatoms. The van der Waals surface area contributed by atoms with E-state index in [1.54, 1.807) is 12.1 Å². The molecular weight excluding hydrogens is 403 g/mol. The Hall–Kier alpha value is -1.54. The fourth-order valence-corrected chi connectivity index (χ4v) is 3.43. The first-order valence-electron chi connectivity index (χ1n) is 9.21. The Morgan fingerprint density at radius 2 is 1.41 bits per heavy atom. The maximum absolute atomic E-state index is 13.0. The quantitative estimate of drug-likeness (QED) is 0.709. The maximum atomic E-state index is 13.0. The van der Waals surface area contributed by atoms with Gasteiger partial charge in [0, 0.05) is 10.5 Å². The van der Waals surface area contributed by atoms with Crippen molar-refractivity contribution in [3.63, 3.8) is 0 Å². The van der Waals surface area contributed by atoms with Gasteiger partial charge in [-0.2, -0.15) is 13.2 Å². The van der Waals surface area contributed by atoms with Gasteiger partial charge < -0.3 is 14.4 Å². The van der Waals surface area contributed by atoms with Gasteiger partial charge in [-0.15, -0.1) is 0 Å². The first kappa shape index (κ1) is 22.2. The Morgan fingerprint density at radius 1 is 0.897 bits per heavy atom. The lowest BCUT2D eigenvalue weighted by Gasteiger charge is -2.32. The van der Waals surface area contributed by atoms with Gasteiger partial charge in [0.2, 0.25) is 0 Å². The van der Waals surface area contributed by atoms with E-state index >= 15 is 0 Å². The molecular formula is C21H23BClF3O3. The summed E-state index contributed by atoms with van der Waals surface area (Å²) >= 11 is 6.44. The molecule has 3 nitrogen and oxygen atoms in total. The summed E-state index contributed by atoms with van der Waals surface area (Å²) in [6, 6.07) is 9.44. The molecule has 1 saturated heterocycles. The van der Waals surface area contributed by atoms with E-state index in [-0.39, 0.29) is 5.56 Å². The predicted octanol–water partition coefficient (Wildman–Crippen LogP) is 4.91. The largest absolute Gasteiger partial charge is 0.496 e. The van der Waals surface area contributed by atoms with Crippen LogP contribution in [0.3, 0.4) is 0 Å². The zero-order valence-electron chi connectivity index (χ0n) is 16.9. The molecule has 1 heterocycles. The fraction of sp³-hybridized carbons (Fsp3) is 0.429. The number of benzene rings is 2. The van der Waals surface area contributed by atoms with E-state index in [2.05, 4.69) is 0 Å². The summed E-state index contributed by atoms with van der Waals surface area (Å²) in [5.74, 6) is 0. The minimum Gasteiger partial charge on any atom is -0.399 e. The molecule has 1 N–H and O–H groups in total. The molecule has 1 fully saturated rings. The molecule has 0 amide bonds. The molecule has 0 saturated carbocycles. The first-order valence-corrected chi connectivity index (χ1v) is 9.59. The topological polar surface area (TPSA) is 38.7 Å². The second-order valence-corrected chi connectivity index (χ2v) is 8.88. The van der Waals surface area contributed by atoms with E-state index in [1.807, 2.05) is 27.7 Å². The van der Waals surface area contributed by atoms with Crippen molar-refractivity contribution in [2.75, 3.05) is 0 Å². The smallest absolute Gasteiger partial charge is 0.399 e. The SMILES string of the molecule is CC(O)(c1cccc(C(F)(F)F)c1)c1ccc(B2OC(C)(C)C(C)(C)O2)c(Cl)c1. The van der Waals surface area contributed by atoms with Crippen molar-refractivity contribution in [2.45, 2.75) is 57.6 Å². The third-order valence-electron chi connectivity index (χ3n) is 5.82. The van der Waals surface area contributed by atoms with Crippen LogP contribution in [0.2, 0.25) is 5.02 Å². The molecule has 1 atom stereocenters. The second kappa shape index (κ2) is 7.01. The Balaban J connectivity index is 1.94. The van der Waals surface area contributed by atoms with Gasteiger partial charge in [-0.1, -0.05) is 35.9 Å². The molecule has 156 valence electrons. The zero-order valence-corrected chi connectivity index (χ0v) is 17.7. The van der Waals surface area contributed by atoms with Crippen LogP contribution in [0.25, 0.3) is 0 Å². The summed E-state index contributed by atoms with van der Waals surface area (Å²) < 4.78 is 51.1. The second-order valence-electron chi connectivity index (χ2n) is 8.48. The van der Waals surface area contributed by atoms with Crippen molar-refractivity contribution in [3.8, 4) is 0 Å². The Kier molecular flexibility index (Phi) is 5.36. The third-order valence-corrected chi connectivity index (χ3v) is 6.15. The van der Waals surface area contributed by atoms with Crippen molar-refractivity contribution < 1.29 is 27.6 Å². The highest BCUT2D eigenvalue weighted by molar-refractivity contribution is 6.65. The van der Waals surface area contributed by atoms with Crippen LogP contribution in [0.5, 0.6) is 0 Å². The van der Waals surface area contributed by atoms with Crippen LogP contribution in [-0.2, 0) is 21.1 Å². The van der Waals surface area contributed by atoms with Gasteiger partial charge in [0.25, 0.3) is 0 Å². The average molecular weight is 427 g/mol. The third kappa shape index (κ3) is 4.06. The number of alkyl halides is 3. The van der Waals surface area contributed by atoms with E-state index in [4.69, 9.17) is 20.9 Å². The average Bonchev–Trinajstić information content (AvgIpc) is 2.81. The highest BCUT2D eigenvalue weighted by Gasteiger charge is 2.52. The van der Waals surface area contributed by atoms with E-state index in [1.165, 1.54) is 25.1 Å². The van der Waals surface area contributed by atoms with Crippen LogP contribution in [0.1, 0.15) is 51.3 Å². The summed E-state index contributed by atoms with van der Waals surface area (Å²) in [6.07, 6.45) is -4.50.